The van der Waals surface area contributed by atoms with E-state index in [4.69, 9.17) is 22.7 Å². The van der Waals surface area contributed by atoms with Gasteiger partial charge in [0.15, 0.2) is 0 Å². The third kappa shape index (κ3) is 4.58. The second-order valence-electron chi connectivity index (χ2n) is 5.18. The molecule has 1 aliphatic carbocycles. The largest absolute Gasteiger partial charge is 0.389 e. The lowest BCUT2D eigenvalue weighted by Crippen LogP contribution is -2.28. The van der Waals surface area contributed by atoms with Gasteiger partial charge in [-0.15, -0.1) is 0 Å². The minimum absolute atomic E-state index is 0.135. The van der Waals surface area contributed by atoms with E-state index in [1.807, 2.05) is 0 Å². The van der Waals surface area contributed by atoms with Crippen molar-refractivity contribution in [1.29, 1.82) is 0 Å². The molecule has 1 aliphatic rings. The lowest BCUT2D eigenvalue weighted by atomic mass is 10.2. The standard InChI is InChI=1S/C15H20N2O2S/c1-10(19-9-8-11-2-3-11)15(18)17-13-6-4-12(5-7-13)14(16)20/h4-7,10-11H,2-3,8-9H2,1H3,(H2,16,20)(H,17,18). The maximum atomic E-state index is 11.9. The molecule has 0 saturated heterocycles. The summed E-state index contributed by atoms with van der Waals surface area (Å²) >= 11 is 4.88. The summed E-state index contributed by atoms with van der Waals surface area (Å²) in [6, 6.07) is 7.14. The first-order chi connectivity index (χ1) is 9.56. The SMILES string of the molecule is CC(OCCC1CC1)C(=O)Nc1ccc(C(N)=S)cc1. The van der Waals surface area contributed by atoms with Gasteiger partial charge in [-0.1, -0.05) is 25.1 Å². The van der Waals surface area contributed by atoms with Gasteiger partial charge in [0.2, 0.25) is 0 Å². The molecule has 2 rings (SSSR count). The number of nitrogens with two attached hydrogens (primary N) is 1. The molecule has 1 atom stereocenters. The van der Waals surface area contributed by atoms with Crippen molar-refractivity contribution < 1.29 is 9.53 Å². The fraction of sp³-hybridized carbons (Fsp3) is 0.467. The van der Waals surface area contributed by atoms with Gasteiger partial charge in [0.1, 0.15) is 11.1 Å². The molecule has 4 nitrogen and oxygen atoms in total. The monoisotopic (exact) mass is 292 g/mol. The Bertz CT molecular complexity index is 483. The van der Waals surface area contributed by atoms with Crippen LogP contribution >= 0.6 is 12.2 Å². The number of carbonyl (C=O) groups is 1. The van der Waals surface area contributed by atoms with Gasteiger partial charge in [-0.3, -0.25) is 4.79 Å². The number of nitrogens with one attached hydrogen (secondary N) is 1. The van der Waals surface area contributed by atoms with Crippen LogP contribution in [0.25, 0.3) is 0 Å². The predicted molar refractivity (Wildman–Crippen MR) is 83.7 cm³/mol. The van der Waals surface area contributed by atoms with Crippen molar-refractivity contribution >= 4 is 28.8 Å². The van der Waals surface area contributed by atoms with Gasteiger partial charge in [0.25, 0.3) is 5.91 Å². The molecule has 0 aromatic heterocycles. The second-order valence-corrected chi connectivity index (χ2v) is 5.62. The maximum Gasteiger partial charge on any atom is 0.253 e. The minimum Gasteiger partial charge on any atom is -0.389 e. The van der Waals surface area contributed by atoms with E-state index in [-0.39, 0.29) is 5.91 Å². The highest BCUT2D eigenvalue weighted by Crippen LogP contribution is 2.32. The summed E-state index contributed by atoms with van der Waals surface area (Å²) in [7, 11) is 0. The number of benzene rings is 1. The number of hydrogen-bond acceptors (Lipinski definition) is 3. The molecule has 0 heterocycles. The van der Waals surface area contributed by atoms with E-state index in [0.717, 1.165) is 17.9 Å². The van der Waals surface area contributed by atoms with Gasteiger partial charge in [-0.25, -0.2) is 0 Å². The Morgan fingerprint density at radius 2 is 2.10 bits per heavy atom. The maximum absolute atomic E-state index is 11.9. The minimum atomic E-state index is -0.441. The second kappa shape index (κ2) is 6.81. The molecule has 0 aliphatic heterocycles. The number of carbonyl (C=O) groups excluding carboxylic acids is 1. The molecule has 1 fully saturated rings. The molecule has 5 heteroatoms. The van der Waals surface area contributed by atoms with Gasteiger partial charge in [0, 0.05) is 17.9 Å². The van der Waals surface area contributed by atoms with Crippen molar-refractivity contribution in [1.82, 2.24) is 0 Å². The van der Waals surface area contributed by atoms with Gasteiger partial charge in [-0.2, -0.15) is 0 Å². The highest BCUT2D eigenvalue weighted by atomic mass is 32.1. The van der Waals surface area contributed by atoms with Crippen LogP contribution in [0.3, 0.4) is 0 Å². The van der Waals surface area contributed by atoms with Crippen LogP contribution in [0.5, 0.6) is 0 Å². The lowest BCUT2D eigenvalue weighted by molar-refractivity contribution is -0.126. The zero-order valence-corrected chi connectivity index (χ0v) is 12.4. The highest BCUT2D eigenvalue weighted by molar-refractivity contribution is 7.80. The zero-order chi connectivity index (χ0) is 14.5. The molecule has 1 aromatic carbocycles. The van der Waals surface area contributed by atoms with Crippen LogP contribution in [-0.4, -0.2) is 23.6 Å². The Balaban J connectivity index is 1.78. The molecule has 0 radical (unpaired) electrons. The number of amides is 1. The van der Waals surface area contributed by atoms with Crippen LogP contribution in [0.4, 0.5) is 5.69 Å². The Morgan fingerprint density at radius 3 is 2.65 bits per heavy atom. The summed E-state index contributed by atoms with van der Waals surface area (Å²) in [4.78, 5) is 12.3. The summed E-state index contributed by atoms with van der Waals surface area (Å²) in [5.41, 5.74) is 7.02. The summed E-state index contributed by atoms with van der Waals surface area (Å²) in [6.07, 6.45) is 3.22. The van der Waals surface area contributed by atoms with Crippen molar-refractivity contribution in [3.05, 3.63) is 29.8 Å². The third-order valence-electron chi connectivity index (χ3n) is 3.40. The van der Waals surface area contributed by atoms with Gasteiger partial charge in [0.05, 0.1) is 0 Å². The average Bonchev–Trinajstić information content (AvgIpc) is 3.23. The molecule has 1 amide bonds. The zero-order valence-electron chi connectivity index (χ0n) is 11.6. The van der Waals surface area contributed by atoms with Crippen molar-refractivity contribution in [3.63, 3.8) is 0 Å². The first-order valence-corrected chi connectivity index (χ1v) is 7.29. The predicted octanol–water partition coefficient (Wildman–Crippen LogP) is 2.46. The van der Waals surface area contributed by atoms with Gasteiger partial charge < -0.3 is 15.8 Å². The van der Waals surface area contributed by atoms with Crippen molar-refractivity contribution in [3.8, 4) is 0 Å². The Morgan fingerprint density at radius 1 is 1.45 bits per heavy atom. The number of thiocarbonyl (C=S) groups is 1. The molecule has 1 unspecified atom stereocenters. The van der Waals surface area contributed by atoms with E-state index in [1.54, 1.807) is 31.2 Å². The summed E-state index contributed by atoms with van der Waals surface area (Å²) in [5, 5.41) is 2.81. The number of ether oxygens (including phenoxy) is 1. The molecular formula is C15H20N2O2S. The number of anilines is 1. The van der Waals surface area contributed by atoms with E-state index in [0.29, 0.717) is 17.3 Å². The highest BCUT2D eigenvalue weighted by Gasteiger charge is 2.21. The molecule has 1 aromatic rings. The Labute approximate surface area is 124 Å². The van der Waals surface area contributed by atoms with Crippen LogP contribution in [0.2, 0.25) is 0 Å². The Hall–Kier alpha value is -1.46. The van der Waals surface area contributed by atoms with Crippen LogP contribution < -0.4 is 11.1 Å². The van der Waals surface area contributed by atoms with Crippen molar-refractivity contribution in [2.24, 2.45) is 11.7 Å². The first-order valence-electron chi connectivity index (χ1n) is 6.88. The van der Waals surface area contributed by atoms with Crippen LogP contribution in [0.15, 0.2) is 24.3 Å². The van der Waals surface area contributed by atoms with E-state index >= 15 is 0 Å². The topological polar surface area (TPSA) is 64.3 Å². The number of hydrogen-bond donors (Lipinski definition) is 2. The van der Waals surface area contributed by atoms with Crippen LogP contribution in [-0.2, 0) is 9.53 Å². The van der Waals surface area contributed by atoms with E-state index < -0.39 is 6.10 Å². The van der Waals surface area contributed by atoms with Crippen molar-refractivity contribution in [2.45, 2.75) is 32.3 Å². The fourth-order valence-corrected chi connectivity index (χ4v) is 1.99. The van der Waals surface area contributed by atoms with Crippen LogP contribution in [0.1, 0.15) is 31.7 Å². The van der Waals surface area contributed by atoms with Crippen molar-refractivity contribution in [2.75, 3.05) is 11.9 Å². The quantitative estimate of drug-likeness (QED) is 0.758. The normalized spacial score (nSPS) is 15.7. The Kier molecular flexibility index (Phi) is 5.09. The smallest absolute Gasteiger partial charge is 0.253 e. The van der Waals surface area contributed by atoms with E-state index in [2.05, 4.69) is 5.32 Å². The first kappa shape index (κ1) is 14.9. The molecule has 108 valence electrons. The molecule has 0 spiro atoms. The summed E-state index contributed by atoms with van der Waals surface area (Å²) < 4.78 is 5.54. The average molecular weight is 292 g/mol. The third-order valence-corrected chi connectivity index (χ3v) is 3.63. The molecule has 20 heavy (non-hydrogen) atoms. The lowest BCUT2D eigenvalue weighted by Gasteiger charge is -2.13. The van der Waals surface area contributed by atoms with Gasteiger partial charge >= 0.3 is 0 Å². The van der Waals surface area contributed by atoms with E-state index in [1.165, 1.54) is 12.8 Å². The van der Waals surface area contributed by atoms with Crippen LogP contribution in [0, 0.1) is 5.92 Å². The number of rotatable bonds is 7. The summed E-state index contributed by atoms with van der Waals surface area (Å²) in [6.45, 7) is 2.42. The molecule has 1 saturated carbocycles. The fourth-order valence-electron chi connectivity index (χ4n) is 1.86. The molecular weight excluding hydrogens is 272 g/mol. The molecule has 3 N–H and O–H groups in total. The molecule has 0 bridgehead atoms. The summed E-state index contributed by atoms with van der Waals surface area (Å²) in [5.74, 6) is 0.682. The van der Waals surface area contributed by atoms with E-state index in [9.17, 15) is 4.79 Å². The van der Waals surface area contributed by atoms with Gasteiger partial charge in [-0.05, 0) is 43.5 Å².